The smallest absolute Gasteiger partial charge is 0.225 e. The molecule has 0 radical (unpaired) electrons. The first-order valence-electron chi connectivity index (χ1n) is 9.24. The zero-order valence-corrected chi connectivity index (χ0v) is 14.8. The number of anilines is 3. The van der Waals surface area contributed by atoms with Gasteiger partial charge in [0.05, 0.1) is 24.8 Å². The Labute approximate surface area is 152 Å². The predicted octanol–water partition coefficient (Wildman–Crippen LogP) is 2.12. The summed E-state index contributed by atoms with van der Waals surface area (Å²) >= 11 is 0. The quantitative estimate of drug-likeness (QED) is 0.901. The minimum Gasteiger partial charge on any atom is -0.382 e. The molecule has 0 aromatic carbocycles. The van der Waals surface area contributed by atoms with Gasteiger partial charge in [0.2, 0.25) is 5.95 Å². The van der Waals surface area contributed by atoms with Crippen LogP contribution in [0.5, 0.6) is 0 Å². The monoisotopic (exact) mass is 357 g/mol. The molecule has 0 spiro atoms. The summed E-state index contributed by atoms with van der Waals surface area (Å²) in [5.41, 5.74) is 5.74. The van der Waals surface area contributed by atoms with Gasteiger partial charge in [0.1, 0.15) is 11.6 Å². The Morgan fingerprint density at radius 3 is 2.00 bits per heavy atom. The van der Waals surface area contributed by atoms with Crippen molar-refractivity contribution in [3.8, 4) is 0 Å². The topological polar surface area (TPSA) is 84.1 Å². The van der Waals surface area contributed by atoms with Gasteiger partial charge in [-0.15, -0.1) is 0 Å². The molecule has 2 aromatic heterocycles. The second-order valence-corrected chi connectivity index (χ2v) is 7.15. The molecule has 8 heteroatoms. The van der Waals surface area contributed by atoms with Crippen LogP contribution in [0.3, 0.4) is 0 Å². The van der Waals surface area contributed by atoms with Crippen molar-refractivity contribution in [1.82, 2.24) is 19.9 Å². The molecule has 0 atom stereocenters. The van der Waals surface area contributed by atoms with Gasteiger partial charge in [0.15, 0.2) is 5.82 Å². The van der Waals surface area contributed by atoms with Gasteiger partial charge in [-0.3, -0.25) is 4.98 Å². The van der Waals surface area contributed by atoms with E-state index in [0.29, 0.717) is 11.8 Å². The summed E-state index contributed by atoms with van der Waals surface area (Å²) in [6.45, 7) is 3.89. The molecule has 2 saturated heterocycles. The number of nitrogens with two attached hydrogens (primary N) is 1. The highest BCUT2D eigenvalue weighted by Gasteiger charge is 2.30. The highest BCUT2D eigenvalue weighted by atomic mass is 19.1. The van der Waals surface area contributed by atoms with E-state index in [2.05, 4.69) is 29.7 Å². The number of hydrogen-bond acceptors (Lipinski definition) is 7. The van der Waals surface area contributed by atoms with Gasteiger partial charge in [-0.1, -0.05) is 0 Å². The van der Waals surface area contributed by atoms with Crippen LogP contribution in [-0.2, 0) is 0 Å². The minimum atomic E-state index is -0.389. The van der Waals surface area contributed by atoms with Crippen LogP contribution in [0.25, 0.3) is 0 Å². The van der Waals surface area contributed by atoms with E-state index in [-0.39, 0.29) is 5.82 Å². The molecule has 2 aliphatic heterocycles. The van der Waals surface area contributed by atoms with E-state index < -0.39 is 0 Å². The summed E-state index contributed by atoms with van der Waals surface area (Å²) in [6.07, 6.45) is 10.5. The summed E-state index contributed by atoms with van der Waals surface area (Å²) < 4.78 is 13.0. The minimum absolute atomic E-state index is 0.389. The van der Waals surface area contributed by atoms with Crippen LogP contribution >= 0.6 is 0 Å². The van der Waals surface area contributed by atoms with Crippen LogP contribution in [0.1, 0.15) is 25.7 Å². The molecule has 0 saturated carbocycles. The number of nitrogen functional groups attached to an aromatic ring is 1. The maximum absolute atomic E-state index is 13.0. The van der Waals surface area contributed by atoms with Crippen molar-refractivity contribution in [1.29, 1.82) is 0 Å². The predicted molar refractivity (Wildman–Crippen MR) is 98.3 cm³/mol. The Morgan fingerprint density at radius 2 is 1.42 bits per heavy atom. The number of piperidine rings is 2. The van der Waals surface area contributed by atoms with Crippen molar-refractivity contribution >= 4 is 17.6 Å². The second kappa shape index (κ2) is 7.39. The third kappa shape index (κ3) is 3.68. The van der Waals surface area contributed by atoms with E-state index in [4.69, 9.17) is 5.73 Å². The first-order chi connectivity index (χ1) is 12.7. The van der Waals surface area contributed by atoms with Crippen LogP contribution in [-0.4, -0.2) is 46.1 Å². The fourth-order valence-electron chi connectivity index (χ4n) is 4.16. The van der Waals surface area contributed by atoms with Crippen molar-refractivity contribution in [3.63, 3.8) is 0 Å². The highest BCUT2D eigenvalue weighted by molar-refractivity contribution is 5.41. The van der Waals surface area contributed by atoms with Crippen LogP contribution in [0.4, 0.5) is 22.0 Å². The lowest BCUT2D eigenvalue weighted by Gasteiger charge is -2.40. The lowest BCUT2D eigenvalue weighted by Crippen LogP contribution is -2.41. The Balaban J connectivity index is 1.29. The number of halogens is 1. The van der Waals surface area contributed by atoms with Crippen LogP contribution in [0.15, 0.2) is 24.8 Å². The van der Waals surface area contributed by atoms with E-state index in [1.54, 1.807) is 12.4 Å². The van der Waals surface area contributed by atoms with Crippen molar-refractivity contribution in [2.75, 3.05) is 41.7 Å². The van der Waals surface area contributed by atoms with E-state index in [1.807, 2.05) is 0 Å². The van der Waals surface area contributed by atoms with E-state index in [0.717, 1.165) is 56.7 Å². The van der Waals surface area contributed by atoms with Gasteiger partial charge in [0, 0.05) is 26.2 Å². The standard InChI is InChI=1S/C18H24FN7/c19-15-9-22-18(23-10-15)26-7-3-14(4-8-26)13-1-5-25(6-2-13)17-12-21-11-16(20)24-17/h9-14H,1-8H2,(H2,20,24). The second-order valence-electron chi connectivity index (χ2n) is 7.15. The fourth-order valence-corrected chi connectivity index (χ4v) is 4.16. The molecule has 4 rings (SSSR count). The van der Waals surface area contributed by atoms with Crippen LogP contribution in [0, 0.1) is 17.7 Å². The van der Waals surface area contributed by atoms with Crippen molar-refractivity contribution in [3.05, 3.63) is 30.6 Å². The average Bonchev–Trinajstić information content (AvgIpc) is 2.69. The lowest BCUT2D eigenvalue weighted by molar-refractivity contribution is 0.232. The number of hydrogen-bond donors (Lipinski definition) is 1. The Kier molecular flexibility index (Phi) is 4.81. The first-order valence-corrected chi connectivity index (χ1v) is 9.24. The summed E-state index contributed by atoms with van der Waals surface area (Å²) in [5, 5.41) is 0. The Morgan fingerprint density at radius 1 is 0.846 bits per heavy atom. The van der Waals surface area contributed by atoms with E-state index in [1.165, 1.54) is 25.2 Å². The van der Waals surface area contributed by atoms with Gasteiger partial charge in [-0.05, 0) is 37.5 Å². The normalized spacial score (nSPS) is 19.7. The summed E-state index contributed by atoms with van der Waals surface area (Å²) in [5.74, 6) is 3.09. The Hall–Kier alpha value is -2.51. The van der Waals surface area contributed by atoms with Gasteiger partial charge in [-0.25, -0.2) is 19.3 Å². The number of aromatic nitrogens is 4. The molecule has 0 bridgehead atoms. The molecule has 138 valence electrons. The highest BCUT2D eigenvalue weighted by Crippen LogP contribution is 2.34. The molecule has 2 N–H and O–H groups in total. The Bertz CT molecular complexity index is 723. The number of nitrogens with zero attached hydrogens (tertiary/aromatic N) is 6. The largest absolute Gasteiger partial charge is 0.382 e. The van der Waals surface area contributed by atoms with Crippen molar-refractivity contribution < 1.29 is 4.39 Å². The van der Waals surface area contributed by atoms with Crippen molar-refractivity contribution in [2.24, 2.45) is 11.8 Å². The molecule has 0 unspecified atom stereocenters. The zero-order chi connectivity index (χ0) is 17.9. The van der Waals surface area contributed by atoms with Gasteiger partial charge < -0.3 is 15.5 Å². The molecule has 2 aromatic rings. The summed E-state index contributed by atoms with van der Waals surface area (Å²) in [6, 6.07) is 0. The summed E-state index contributed by atoms with van der Waals surface area (Å²) in [7, 11) is 0. The molecule has 4 heterocycles. The molecule has 0 aliphatic carbocycles. The van der Waals surface area contributed by atoms with Crippen LogP contribution < -0.4 is 15.5 Å². The van der Waals surface area contributed by atoms with E-state index >= 15 is 0 Å². The fraction of sp³-hybridized carbons (Fsp3) is 0.556. The van der Waals surface area contributed by atoms with Gasteiger partial charge in [-0.2, -0.15) is 0 Å². The summed E-state index contributed by atoms with van der Waals surface area (Å²) in [4.78, 5) is 21.2. The van der Waals surface area contributed by atoms with Crippen LogP contribution in [0.2, 0.25) is 0 Å². The molecular formula is C18H24FN7. The maximum atomic E-state index is 13.0. The van der Waals surface area contributed by atoms with Gasteiger partial charge >= 0.3 is 0 Å². The molecule has 26 heavy (non-hydrogen) atoms. The zero-order valence-electron chi connectivity index (χ0n) is 14.8. The number of rotatable bonds is 3. The van der Waals surface area contributed by atoms with Crippen molar-refractivity contribution in [2.45, 2.75) is 25.7 Å². The first kappa shape index (κ1) is 16.9. The molecule has 0 amide bonds. The SMILES string of the molecule is Nc1cncc(N2CCC(C3CCN(c4ncc(F)cn4)CC3)CC2)n1. The molecule has 2 aliphatic rings. The molecule has 2 fully saturated rings. The molecule has 7 nitrogen and oxygen atoms in total. The van der Waals surface area contributed by atoms with E-state index in [9.17, 15) is 4.39 Å². The third-order valence-corrected chi connectivity index (χ3v) is 5.60. The third-order valence-electron chi connectivity index (χ3n) is 5.60. The van der Waals surface area contributed by atoms with Gasteiger partial charge in [0.25, 0.3) is 0 Å². The lowest BCUT2D eigenvalue weighted by atomic mass is 9.79. The molecular weight excluding hydrogens is 333 g/mol. The maximum Gasteiger partial charge on any atom is 0.225 e. The average molecular weight is 357 g/mol.